The minimum Gasteiger partial charge on any atom is -0.381 e. The number of aryl methyl sites for hydroxylation is 1. The van der Waals surface area contributed by atoms with Gasteiger partial charge in [0.05, 0.1) is 11.4 Å². The molecule has 2 atom stereocenters. The molecule has 3 heteroatoms. The van der Waals surface area contributed by atoms with Crippen LogP contribution in [0.3, 0.4) is 0 Å². The standard InChI is InChI=1S/C16H25ClN2/c1-11-13(9-10-15(17)18-11)19-14-8-6-5-7-12(14)16(2,3)4/h9-10,12,14,19H,5-8H2,1-4H3. The highest BCUT2D eigenvalue weighted by atomic mass is 35.5. The third-order valence-electron chi connectivity index (χ3n) is 4.27. The van der Waals surface area contributed by atoms with Gasteiger partial charge in [0.2, 0.25) is 0 Å². The number of nitrogens with one attached hydrogen (secondary N) is 1. The Hall–Kier alpha value is -0.760. The van der Waals surface area contributed by atoms with Crippen LogP contribution < -0.4 is 5.32 Å². The molecule has 0 saturated heterocycles. The molecular weight excluding hydrogens is 256 g/mol. The molecule has 1 saturated carbocycles. The molecule has 1 N–H and O–H groups in total. The lowest BCUT2D eigenvalue weighted by molar-refractivity contribution is 0.163. The summed E-state index contributed by atoms with van der Waals surface area (Å²) in [4.78, 5) is 4.33. The van der Waals surface area contributed by atoms with E-state index in [0.717, 1.165) is 17.3 Å². The van der Waals surface area contributed by atoms with Crippen LogP contribution in [0.4, 0.5) is 5.69 Å². The van der Waals surface area contributed by atoms with E-state index in [2.05, 4.69) is 37.1 Å². The minimum absolute atomic E-state index is 0.353. The van der Waals surface area contributed by atoms with Gasteiger partial charge in [-0.2, -0.15) is 0 Å². The fraction of sp³-hybridized carbons (Fsp3) is 0.688. The fourth-order valence-corrected chi connectivity index (χ4v) is 3.41. The molecule has 19 heavy (non-hydrogen) atoms. The number of halogens is 1. The van der Waals surface area contributed by atoms with Gasteiger partial charge in [-0.25, -0.2) is 4.98 Å². The Labute approximate surface area is 122 Å². The van der Waals surface area contributed by atoms with Crippen molar-refractivity contribution in [1.82, 2.24) is 4.98 Å². The Kier molecular flexibility index (Phi) is 4.39. The Morgan fingerprint density at radius 1 is 1.21 bits per heavy atom. The summed E-state index contributed by atoms with van der Waals surface area (Å²) in [7, 11) is 0. The average molecular weight is 281 g/mol. The first-order valence-electron chi connectivity index (χ1n) is 7.27. The molecule has 2 nitrogen and oxygen atoms in total. The molecule has 1 aromatic rings. The maximum Gasteiger partial charge on any atom is 0.129 e. The van der Waals surface area contributed by atoms with Crippen LogP contribution in [-0.2, 0) is 0 Å². The second-order valence-corrected chi connectivity index (χ2v) is 7.16. The third kappa shape index (κ3) is 3.62. The van der Waals surface area contributed by atoms with E-state index in [1.807, 2.05) is 13.0 Å². The number of nitrogens with zero attached hydrogens (tertiary/aromatic N) is 1. The van der Waals surface area contributed by atoms with E-state index in [0.29, 0.717) is 16.6 Å². The molecule has 0 radical (unpaired) electrons. The van der Waals surface area contributed by atoms with E-state index in [9.17, 15) is 0 Å². The average Bonchev–Trinajstić information content (AvgIpc) is 2.32. The molecule has 1 heterocycles. The first kappa shape index (κ1) is 14.6. The van der Waals surface area contributed by atoms with E-state index in [1.54, 1.807) is 0 Å². The highest BCUT2D eigenvalue weighted by Gasteiger charge is 2.34. The van der Waals surface area contributed by atoms with E-state index in [4.69, 9.17) is 11.6 Å². The summed E-state index contributed by atoms with van der Waals surface area (Å²) in [6.07, 6.45) is 5.26. The highest BCUT2D eigenvalue weighted by Crippen LogP contribution is 2.39. The molecule has 0 aliphatic heterocycles. The smallest absolute Gasteiger partial charge is 0.129 e. The number of pyridine rings is 1. The maximum atomic E-state index is 5.92. The van der Waals surface area contributed by atoms with Crippen molar-refractivity contribution in [2.24, 2.45) is 11.3 Å². The fourth-order valence-electron chi connectivity index (χ4n) is 3.22. The van der Waals surface area contributed by atoms with Gasteiger partial charge in [-0.3, -0.25) is 0 Å². The van der Waals surface area contributed by atoms with Crippen LogP contribution in [-0.4, -0.2) is 11.0 Å². The summed E-state index contributed by atoms with van der Waals surface area (Å²) >= 11 is 5.92. The SMILES string of the molecule is Cc1nc(Cl)ccc1NC1CCCCC1C(C)(C)C. The van der Waals surface area contributed by atoms with Gasteiger partial charge in [0.1, 0.15) is 5.15 Å². The van der Waals surface area contributed by atoms with E-state index < -0.39 is 0 Å². The molecule has 1 aliphatic rings. The van der Waals surface area contributed by atoms with Crippen molar-refractivity contribution in [1.29, 1.82) is 0 Å². The van der Waals surface area contributed by atoms with Crippen molar-refractivity contribution >= 4 is 17.3 Å². The van der Waals surface area contributed by atoms with Gasteiger partial charge in [0.15, 0.2) is 0 Å². The number of hydrogen-bond acceptors (Lipinski definition) is 2. The lowest BCUT2D eigenvalue weighted by Crippen LogP contribution is -2.40. The molecule has 0 aromatic carbocycles. The van der Waals surface area contributed by atoms with Crippen molar-refractivity contribution < 1.29 is 0 Å². The molecule has 0 amide bonds. The zero-order valence-corrected chi connectivity index (χ0v) is 13.2. The lowest BCUT2D eigenvalue weighted by Gasteiger charge is -2.41. The minimum atomic E-state index is 0.353. The number of aromatic nitrogens is 1. The lowest BCUT2D eigenvalue weighted by atomic mass is 9.69. The number of hydrogen-bond donors (Lipinski definition) is 1. The maximum absolute atomic E-state index is 5.92. The van der Waals surface area contributed by atoms with Gasteiger partial charge in [-0.1, -0.05) is 45.2 Å². The Bertz CT molecular complexity index is 437. The first-order chi connectivity index (χ1) is 8.88. The summed E-state index contributed by atoms with van der Waals surface area (Å²) in [5.41, 5.74) is 2.47. The van der Waals surface area contributed by atoms with Gasteiger partial charge in [0, 0.05) is 6.04 Å². The topological polar surface area (TPSA) is 24.9 Å². The number of rotatable bonds is 2. The van der Waals surface area contributed by atoms with Crippen LogP contribution in [0, 0.1) is 18.3 Å². The first-order valence-corrected chi connectivity index (χ1v) is 7.65. The van der Waals surface area contributed by atoms with Crippen LogP contribution in [0.1, 0.15) is 52.1 Å². The van der Waals surface area contributed by atoms with Gasteiger partial charge in [0.25, 0.3) is 0 Å². The van der Waals surface area contributed by atoms with Crippen molar-refractivity contribution in [3.63, 3.8) is 0 Å². The molecule has 0 spiro atoms. The Balaban J connectivity index is 2.15. The van der Waals surface area contributed by atoms with Crippen LogP contribution in [0.2, 0.25) is 5.15 Å². The van der Waals surface area contributed by atoms with E-state index >= 15 is 0 Å². The third-order valence-corrected chi connectivity index (χ3v) is 4.48. The van der Waals surface area contributed by atoms with Crippen molar-refractivity contribution in [2.75, 3.05) is 5.32 Å². The summed E-state index contributed by atoms with van der Waals surface area (Å²) in [6, 6.07) is 4.47. The van der Waals surface area contributed by atoms with Gasteiger partial charge in [-0.15, -0.1) is 0 Å². The summed E-state index contributed by atoms with van der Waals surface area (Å²) in [6.45, 7) is 9.07. The predicted molar refractivity (Wildman–Crippen MR) is 82.8 cm³/mol. The van der Waals surface area contributed by atoms with Crippen molar-refractivity contribution in [2.45, 2.75) is 59.4 Å². The number of anilines is 1. The molecule has 2 rings (SSSR count). The van der Waals surface area contributed by atoms with E-state index in [-0.39, 0.29) is 0 Å². The Morgan fingerprint density at radius 3 is 2.53 bits per heavy atom. The summed E-state index contributed by atoms with van der Waals surface area (Å²) in [5.74, 6) is 0.719. The van der Waals surface area contributed by atoms with Crippen LogP contribution >= 0.6 is 11.6 Å². The van der Waals surface area contributed by atoms with Gasteiger partial charge >= 0.3 is 0 Å². The highest BCUT2D eigenvalue weighted by molar-refractivity contribution is 6.29. The second kappa shape index (κ2) is 5.70. The monoisotopic (exact) mass is 280 g/mol. The second-order valence-electron chi connectivity index (χ2n) is 6.77. The molecule has 1 fully saturated rings. The zero-order chi connectivity index (χ0) is 14.0. The van der Waals surface area contributed by atoms with Gasteiger partial charge in [-0.05, 0) is 43.2 Å². The van der Waals surface area contributed by atoms with E-state index in [1.165, 1.54) is 25.7 Å². The molecule has 106 valence electrons. The predicted octanol–water partition coefficient (Wildman–Crippen LogP) is 5.06. The van der Waals surface area contributed by atoms with Gasteiger partial charge < -0.3 is 5.32 Å². The largest absolute Gasteiger partial charge is 0.381 e. The molecular formula is C16H25ClN2. The van der Waals surface area contributed by atoms with Crippen molar-refractivity contribution in [3.8, 4) is 0 Å². The van der Waals surface area contributed by atoms with Crippen LogP contribution in [0.5, 0.6) is 0 Å². The van der Waals surface area contributed by atoms with Crippen LogP contribution in [0.25, 0.3) is 0 Å². The Morgan fingerprint density at radius 2 is 1.89 bits per heavy atom. The van der Waals surface area contributed by atoms with Crippen molar-refractivity contribution in [3.05, 3.63) is 23.0 Å². The summed E-state index contributed by atoms with van der Waals surface area (Å²) in [5, 5.41) is 4.28. The summed E-state index contributed by atoms with van der Waals surface area (Å²) < 4.78 is 0. The molecule has 1 aromatic heterocycles. The molecule has 1 aliphatic carbocycles. The normalized spacial score (nSPS) is 24.3. The zero-order valence-electron chi connectivity index (χ0n) is 12.5. The quantitative estimate of drug-likeness (QED) is 0.766. The van der Waals surface area contributed by atoms with Crippen LogP contribution in [0.15, 0.2) is 12.1 Å². The molecule has 2 unspecified atom stereocenters. The molecule has 0 bridgehead atoms.